The minimum atomic E-state index is -1.82. The smallest absolute Gasteiger partial charge is 0.186 e. The van der Waals surface area contributed by atoms with Gasteiger partial charge in [-0.15, -0.1) is 0 Å². The zero-order chi connectivity index (χ0) is 6.78. The Kier molecular flexibility index (Phi) is 2.76. The van der Waals surface area contributed by atoms with Crippen molar-refractivity contribution in [3.05, 3.63) is 0 Å². The van der Waals surface area contributed by atoms with Crippen molar-refractivity contribution in [3.8, 4) is 0 Å². The monoisotopic (exact) mass is 137 g/mol. The van der Waals surface area contributed by atoms with Crippen LogP contribution in [0.5, 0.6) is 0 Å². The molecule has 0 aromatic heterocycles. The van der Waals surface area contributed by atoms with Crippen LogP contribution in [0.2, 0.25) is 0 Å². The third kappa shape index (κ3) is 2.00. The molecule has 4 heteroatoms. The van der Waals surface area contributed by atoms with Crippen molar-refractivity contribution in [2.24, 2.45) is 5.73 Å². The minimum absolute atomic E-state index is 0.183. The van der Waals surface area contributed by atoms with E-state index in [0.29, 0.717) is 0 Å². The summed E-state index contributed by atoms with van der Waals surface area (Å²) in [7, 11) is 0. The molecular weight excluding hydrogens is 126 g/mol. The van der Waals surface area contributed by atoms with Gasteiger partial charge in [-0.25, -0.2) is 0 Å². The fourth-order valence-corrected chi connectivity index (χ4v) is 0.276. The van der Waals surface area contributed by atoms with Crippen molar-refractivity contribution < 1.29 is 10.2 Å². The van der Waals surface area contributed by atoms with E-state index in [-0.39, 0.29) is 6.54 Å². The van der Waals surface area contributed by atoms with E-state index in [2.05, 4.69) is 12.6 Å². The lowest BCUT2D eigenvalue weighted by Crippen LogP contribution is -2.44. The number of rotatable bonds is 2. The topological polar surface area (TPSA) is 66.5 Å². The van der Waals surface area contributed by atoms with Gasteiger partial charge in [0.25, 0.3) is 0 Å². The van der Waals surface area contributed by atoms with Crippen molar-refractivity contribution in [1.29, 1.82) is 0 Å². The molecule has 0 aliphatic heterocycles. The maximum Gasteiger partial charge on any atom is 0.186 e. The van der Waals surface area contributed by atoms with E-state index < -0.39 is 11.0 Å². The van der Waals surface area contributed by atoms with Crippen LogP contribution in [0.15, 0.2) is 0 Å². The van der Waals surface area contributed by atoms with Gasteiger partial charge in [0.2, 0.25) is 0 Å². The first-order valence-electron chi connectivity index (χ1n) is 2.33. The highest BCUT2D eigenvalue weighted by atomic mass is 32.1. The summed E-state index contributed by atoms with van der Waals surface area (Å²) in [6.45, 7) is 1.38. The largest absolute Gasteiger partial charge is 0.364 e. The van der Waals surface area contributed by atoms with Crippen LogP contribution in [-0.2, 0) is 0 Å². The first-order valence-corrected chi connectivity index (χ1v) is 2.85. The van der Waals surface area contributed by atoms with E-state index in [1.54, 1.807) is 6.92 Å². The molecule has 4 N–H and O–H groups in total. The van der Waals surface area contributed by atoms with Gasteiger partial charge in [0.05, 0.1) is 5.25 Å². The zero-order valence-electron chi connectivity index (χ0n) is 4.70. The lowest BCUT2D eigenvalue weighted by molar-refractivity contribution is -0.147. The molecule has 0 aromatic rings. The van der Waals surface area contributed by atoms with Crippen molar-refractivity contribution in [3.63, 3.8) is 0 Å². The fraction of sp³-hybridized carbons (Fsp3) is 1.00. The molecule has 0 bridgehead atoms. The molecular formula is C4H11NO2S. The molecule has 0 saturated heterocycles. The summed E-state index contributed by atoms with van der Waals surface area (Å²) in [4.78, 5) is 0. The summed E-state index contributed by atoms with van der Waals surface area (Å²) in [5, 5.41) is 17.0. The Labute approximate surface area is 53.9 Å². The molecule has 8 heavy (non-hydrogen) atoms. The number of aliphatic hydroxyl groups is 2. The van der Waals surface area contributed by atoms with E-state index in [1.807, 2.05) is 0 Å². The maximum atomic E-state index is 8.75. The van der Waals surface area contributed by atoms with Gasteiger partial charge in [-0.2, -0.15) is 12.6 Å². The fourth-order valence-electron chi connectivity index (χ4n) is 0.171. The average Bonchev–Trinajstić information content (AvgIpc) is 1.67. The molecule has 0 aliphatic carbocycles. The van der Waals surface area contributed by atoms with Gasteiger partial charge >= 0.3 is 0 Å². The summed E-state index contributed by atoms with van der Waals surface area (Å²) in [6.07, 6.45) is 0. The van der Waals surface area contributed by atoms with E-state index in [1.165, 1.54) is 0 Å². The Morgan fingerprint density at radius 1 is 1.75 bits per heavy atom. The third-order valence-electron chi connectivity index (χ3n) is 0.970. The summed E-state index contributed by atoms with van der Waals surface area (Å²) in [5.74, 6) is -1.82. The Morgan fingerprint density at radius 3 is 2.12 bits per heavy atom. The molecule has 0 heterocycles. The average molecular weight is 137 g/mol. The molecule has 0 aromatic carbocycles. The summed E-state index contributed by atoms with van der Waals surface area (Å²) in [6, 6.07) is 0. The number of nitrogens with two attached hydrogens (primary N) is 1. The molecule has 3 nitrogen and oxygen atoms in total. The molecule has 0 rings (SSSR count). The van der Waals surface area contributed by atoms with Crippen LogP contribution in [0, 0.1) is 0 Å². The third-order valence-corrected chi connectivity index (χ3v) is 1.38. The van der Waals surface area contributed by atoms with E-state index in [0.717, 1.165) is 0 Å². The highest BCUT2D eigenvalue weighted by molar-refractivity contribution is 7.81. The van der Waals surface area contributed by atoms with Crippen LogP contribution in [0.4, 0.5) is 0 Å². The SMILES string of the molecule is CC(S)C(O)(O)CN. The van der Waals surface area contributed by atoms with Gasteiger partial charge in [-0.3, -0.25) is 0 Å². The quantitative estimate of drug-likeness (QED) is 0.290. The summed E-state index contributed by atoms with van der Waals surface area (Å²) < 4.78 is 0. The molecule has 50 valence electrons. The Balaban J connectivity index is 3.71. The van der Waals surface area contributed by atoms with Gasteiger partial charge in [0.15, 0.2) is 5.79 Å². The van der Waals surface area contributed by atoms with E-state index in [4.69, 9.17) is 15.9 Å². The molecule has 1 unspecified atom stereocenters. The zero-order valence-corrected chi connectivity index (χ0v) is 5.60. The van der Waals surface area contributed by atoms with Gasteiger partial charge in [-0.05, 0) is 6.92 Å². The highest BCUT2D eigenvalue weighted by Crippen LogP contribution is 2.08. The molecule has 0 aliphatic rings. The maximum absolute atomic E-state index is 8.75. The van der Waals surface area contributed by atoms with Crippen LogP contribution < -0.4 is 5.73 Å². The van der Waals surface area contributed by atoms with Gasteiger partial charge in [0.1, 0.15) is 0 Å². The second-order valence-electron chi connectivity index (χ2n) is 1.76. The van der Waals surface area contributed by atoms with Crippen LogP contribution in [-0.4, -0.2) is 27.8 Å². The second-order valence-corrected chi connectivity index (χ2v) is 2.53. The molecule has 0 radical (unpaired) electrons. The molecule has 1 atom stereocenters. The molecule has 0 spiro atoms. The first-order chi connectivity index (χ1) is 3.50. The number of thiol groups is 1. The lowest BCUT2D eigenvalue weighted by atomic mass is 10.2. The molecule has 0 saturated carbocycles. The second kappa shape index (κ2) is 2.68. The minimum Gasteiger partial charge on any atom is -0.364 e. The van der Waals surface area contributed by atoms with Crippen LogP contribution in [0.3, 0.4) is 0 Å². The van der Waals surface area contributed by atoms with Crippen LogP contribution in [0.25, 0.3) is 0 Å². The predicted octanol–water partition coefficient (Wildman–Crippen LogP) is -1.06. The van der Waals surface area contributed by atoms with E-state index in [9.17, 15) is 0 Å². The molecule has 0 fully saturated rings. The number of hydrogen-bond acceptors (Lipinski definition) is 4. The lowest BCUT2D eigenvalue weighted by Gasteiger charge is -2.22. The number of hydrogen-bond donors (Lipinski definition) is 4. The van der Waals surface area contributed by atoms with Crippen molar-refractivity contribution in [2.75, 3.05) is 6.54 Å². The Bertz CT molecular complexity index is 74.4. The Hall–Kier alpha value is 0.230. The van der Waals surface area contributed by atoms with Crippen LogP contribution >= 0.6 is 12.6 Å². The van der Waals surface area contributed by atoms with Crippen LogP contribution in [0.1, 0.15) is 6.92 Å². The Morgan fingerprint density at radius 2 is 2.12 bits per heavy atom. The van der Waals surface area contributed by atoms with Crippen molar-refractivity contribution in [2.45, 2.75) is 18.0 Å². The molecule has 0 amide bonds. The normalized spacial score (nSPS) is 16.1. The summed E-state index contributed by atoms with van der Waals surface area (Å²) >= 11 is 3.78. The first kappa shape index (κ1) is 8.23. The highest BCUT2D eigenvalue weighted by Gasteiger charge is 2.25. The van der Waals surface area contributed by atoms with Gasteiger partial charge in [0, 0.05) is 6.54 Å². The predicted molar refractivity (Wildman–Crippen MR) is 34.7 cm³/mol. The van der Waals surface area contributed by atoms with Crippen molar-refractivity contribution >= 4 is 12.6 Å². The van der Waals surface area contributed by atoms with E-state index >= 15 is 0 Å². The summed E-state index contributed by atoms with van der Waals surface area (Å²) in [5.41, 5.74) is 4.96. The standard InChI is InChI=1S/C4H11NO2S/c1-3(8)4(6,7)2-5/h3,6-8H,2,5H2,1H3. The van der Waals surface area contributed by atoms with Crippen molar-refractivity contribution in [1.82, 2.24) is 0 Å². The van der Waals surface area contributed by atoms with Gasteiger partial charge < -0.3 is 15.9 Å². The van der Waals surface area contributed by atoms with Gasteiger partial charge in [-0.1, -0.05) is 0 Å².